The highest BCUT2D eigenvalue weighted by molar-refractivity contribution is 7.95. The maximum absolute atomic E-state index is 12.4. The van der Waals surface area contributed by atoms with E-state index in [0.717, 1.165) is 12.0 Å². The van der Waals surface area contributed by atoms with Gasteiger partial charge in [-0.1, -0.05) is 30.3 Å². The van der Waals surface area contributed by atoms with E-state index in [1.807, 2.05) is 30.3 Å². The van der Waals surface area contributed by atoms with Crippen LogP contribution in [0.25, 0.3) is 6.08 Å². The first-order valence-electron chi connectivity index (χ1n) is 6.30. The first-order chi connectivity index (χ1) is 9.67. The summed E-state index contributed by atoms with van der Waals surface area (Å²) in [7, 11) is -3.54. The number of aromatic nitrogens is 3. The average molecular weight is 290 g/mol. The van der Waals surface area contributed by atoms with Crippen molar-refractivity contribution < 1.29 is 8.42 Å². The molecule has 0 atom stereocenters. The van der Waals surface area contributed by atoms with Crippen LogP contribution in [0.5, 0.6) is 0 Å². The molecule has 6 nitrogen and oxygen atoms in total. The van der Waals surface area contributed by atoms with Gasteiger partial charge in [-0.2, -0.15) is 10.1 Å². The number of rotatable bonds is 3. The first-order valence-corrected chi connectivity index (χ1v) is 7.81. The number of sulfonamides is 1. The third-order valence-electron chi connectivity index (χ3n) is 3.09. The lowest BCUT2D eigenvalue weighted by Gasteiger charge is -2.25. The molecule has 0 N–H and O–H groups in total. The Morgan fingerprint density at radius 3 is 2.75 bits per heavy atom. The predicted molar refractivity (Wildman–Crippen MR) is 76.4 cm³/mol. The Labute approximate surface area is 117 Å². The van der Waals surface area contributed by atoms with Gasteiger partial charge in [0.05, 0.1) is 5.41 Å². The molecule has 0 saturated heterocycles. The van der Waals surface area contributed by atoms with Gasteiger partial charge in [0.2, 0.25) is 5.95 Å². The molecule has 0 radical (unpaired) electrons. The zero-order chi connectivity index (χ0) is 14.0. The van der Waals surface area contributed by atoms with E-state index in [-0.39, 0.29) is 0 Å². The van der Waals surface area contributed by atoms with Gasteiger partial charge in [-0.3, -0.25) is 0 Å². The van der Waals surface area contributed by atoms with Gasteiger partial charge in [-0.25, -0.2) is 17.4 Å². The van der Waals surface area contributed by atoms with E-state index in [4.69, 9.17) is 0 Å². The summed E-state index contributed by atoms with van der Waals surface area (Å²) in [5.74, 6) is 0.383. The van der Waals surface area contributed by atoms with Crippen LogP contribution in [0.1, 0.15) is 12.0 Å². The smallest absolute Gasteiger partial charge is 0.234 e. The fourth-order valence-corrected chi connectivity index (χ4v) is 3.34. The molecule has 0 fully saturated rings. The molecule has 1 aromatic carbocycles. The Balaban J connectivity index is 1.89. The van der Waals surface area contributed by atoms with Crippen molar-refractivity contribution in [3.8, 4) is 0 Å². The minimum atomic E-state index is -3.54. The number of benzene rings is 1. The molecule has 1 aromatic heterocycles. The second-order valence-electron chi connectivity index (χ2n) is 4.47. The van der Waals surface area contributed by atoms with Gasteiger partial charge in [-0.05, 0) is 18.1 Å². The van der Waals surface area contributed by atoms with Crippen LogP contribution in [-0.2, 0) is 16.6 Å². The van der Waals surface area contributed by atoms with Gasteiger partial charge in [-0.15, -0.1) is 0 Å². The molecule has 104 valence electrons. The van der Waals surface area contributed by atoms with Gasteiger partial charge in [0, 0.05) is 13.1 Å². The summed E-state index contributed by atoms with van der Waals surface area (Å²) in [4.78, 5) is 4.02. The van der Waals surface area contributed by atoms with Crippen LogP contribution >= 0.6 is 0 Å². The molecule has 20 heavy (non-hydrogen) atoms. The molecule has 0 spiro atoms. The number of anilines is 1. The zero-order valence-electron chi connectivity index (χ0n) is 10.8. The van der Waals surface area contributed by atoms with Crippen molar-refractivity contribution in [2.45, 2.75) is 13.0 Å². The number of hydrogen-bond donors (Lipinski definition) is 0. The summed E-state index contributed by atoms with van der Waals surface area (Å²) in [5.41, 5.74) is 0.842. The third kappa shape index (κ3) is 2.44. The Bertz CT molecular complexity index is 722. The minimum absolute atomic E-state index is 0.383. The molecule has 1 aliphatic heterocycles. The molecule has 2 heterocycles. The van der Waals surface area contributed by atoms with Crippen LogP contribution in [0.15, 0.2) is 42.1 Å². The Morgan fingerprint density at radius 2 is 1.95 bits per heavy atom. The van der Waals surface area contributed by atoms with Gasteiger partial charge in [0.15, 0.2) is 0 Å². The number of nitrogens with zero attached hydrogens (tertiary/aromatic N) is 4. The fraction of sp³-hybridized carbons (Fsp3) is 0.231. The van der Waals surface area contributed by atoms with Crippen LogP contribution in [-0.4, -0.2) is 29.7 Å². The monoisotopic (exact) mass is 290 g/mol. The predicted octanol–water partition coefficient (Wildman–Crippen LogP) is 1.49. The van der Waals surface area contributed by atoms with Gasteiger partial charge in [0.1, 0.15) is 6.33 Å². The van der Waals surface area contributed by atoms with Crippen LogP contribution in [0.4, 0.5) is 5.95 Å². The summed E-state index contributed by atoms with van der Waals surface area (Å²) >= 11 is 0. The maximum Gasteiger partial charge on any atom is 0.259 e. The molecular weight excluding hydrogens is 276 g/mol. The Kier molecular flexibility index (Phi) is 3.27. The lowest BCUT2D eigenvalue weighted by atomic mass is 10.2. The minimum Gasteiger partial charge on any atom is -0.234 e. The van der Waals surface area contributed by atoms with E-state index in [1.54, 1.807) is 10.8 Å². The summed E-state index contributed by atoms with van der Waals surface area (Å²) in [6.07, 6.45) is 3.70. The normalized spacial score (nSPS) is 15.5. The van der Waals surface area contributed by atoms with Crippen LogP contribution in [0, 0.1) is 0 Å². The van der Waals surface area contributed by atoms with Crippen molar-refractivity contribution in [2.24, 2.45) is 0 Å². The van der Waals surface area contributed by atoms with E-state index in [0.29, 0.717) is 19.0 Å². The summed E-state index contributed by atoms with van der Waals surface area (Å²) in [5, 5.41) is 5.23. The standard InChI is InChI=1S/C13H14N4O2S/c18-20(19,10-7-12-5-2-1-3-6-12)17-9-4-8-16-13(17)14-11-15-16/h1-3,5-7,10-11H,4,8-9H2/b10-7+. The van der Waals surface area contributed by atoms with Crippen molar-refractivity contribution in [2.75, 3.05) is 10.8 Å². The molecule has 7 heteroatoms. The highest BCUT2D eigenvalue weighted by atomic mass is 32.2. The van der Waals surface area contributed by atoms with Crippen LogP contribution in [0.3, 0.4) is 0 Å². The molecule has 3 rings (SSSR count). The highest BCUT2D eigenvalue weighted by Crippen LogP contribution is 2.21. The van der Waals surface area contributed by atoms with Crippen molar-refractivity contribution in [3.63, 3.8) is 0 Å². The Morgan fingerprint density at radius 1 is 1.15 bits per heavy atom. The van der Waals surface area contributed by atoms with Crippen LogP contribution < -0.4 is 4.31 Å². The van der Waals surface area contributed by atoms with Crippen molar-refractivity contribution in [1.29, 1.82) is 0 Å². The highest BCUT2D eigenvalue weighted by Gasteiger charge is 2.27. The number of aryl methyl sites for hydroxylation is 1. The fourth-order valence-electron chi connectivity index (χ4n) is 2.12. The lowest BCUT2D eigenvalue weighted by Crippen LogP contribution is -2.36. The molecule has 0 amide bonds. The zero-order valence-corrected chi connectivity index (χ0v) is 11.6. The van der Waals surface area contributed by atoms with Gasteiger partial charge >= 0.3 is 0 Å². The van der Waals surface area contributed by atoms with Gasteiger partial charge in [0.25, 0.3) is 10.0 Å². The van der Waals surface area contributed by atoms with E-state index in [9.17, 15) is 8.42 Å². The van der Waals surface area contributed by atoms with E-state index in [2.05, 4.69) is 10.1 Å². The lowest BCUT2D eigenvalue weighted by molar-refractivity contribution is 0.533. The third-order valence-corrected chi connectivity index (χ3v) is 4.53. The summed E-state index contributed by atoms with van der Waals surface area (Å²) < 4.78 is 27.7. The molecular formula is C13H14N4O2S. The molecule has 0 bridgehead atoms. The molecule has 1 aliphatic rings. The maximum atomic E-state index is 12.4. The van der Waals surface area contributed by atoms with E-state index >= 15 is 0 Å². The van der Waals surface area contributed by atoms with Crippen LogP contribution in [0.2, 0.25) is 0 Å². The summed E-state index contributed by atoms with van der Waals surface area (Å²) in [6.45, 7) is 1.13. The van der Waals surface area contributed by atoms with E-state index in [1.165, 1.54) is 16.0 Å². The van der Waals surface area contributed by atoms with Gasteiger partial charge < -0.3 is 0 Å². The Hall–Kier alpha value is -2.15. The second kappa shape index (κ2) is 5.09. The number of hydrogen-bond acceptors (Lipinski definition) is 4. The van der Waals surface area contributed by atoms with Crippen molar-refractivity contribution in [3.05, 3.63) is 47.6 Å². The average Bonchev–Trinajstić information content (AvgIpc) is 2.94. The van der Waals surface area contributed by atoms with Crippen molar-refractivity contribution >= 4 is 22.0 Å². The quantitative estimate of drug-likeness (QED) is 0.859. The molecule has 0 aliphatic carbocycles. The topological polar surface area (TPSA) is 68.1 Å². The van der Waals surface area contributed by atoms with E-state index < -0.39 is 10.0 Å². The first kappa shape index (κ1) is 12.9. The molecule has 0 unspecified atom stereocenters. The SMILES string of the molecule is O=S(=O)(/C=C/c1ccccc1)N1CCCn2ncnc21. The summed E-state index contributed by atoms with van der Waals surface area (Å²) in [6, 6.07) is 9.32. The largest absolute Gasteiger partial charge is 0.259 e. The molecule has 2 aromatic rings. The van der Waals surface area contributed by atoms with Crippen molar-refractivity contribution in [1.82, 2.24) is 14.8 Å². The number of fused-ring (bicyclic) bond motifs is 1. The molecule has 0 saturated carbocycles. The second-order valence-corrected chi connectivity index (χ2v) is 6.21.